The van der Waals surface area contributed by atoms with Crippen LogP contribution < -0.4 is 5.32 Å². The summed E-state index contributed by atoms with van der Waals surface area (Å²) in [5.74, 6) is -1.08. The molecule has 6 nitrogen and oxygen atoms in total. The summed E-state index contributed by atoms with van der Waals surface area (Å²) in [7, 11) is 0. The van der Waals surface area contributed by atoms with Crippen LogP contribution in [0.3, 0.4) is 0 Å². The molecule has 0 bridgehead atoms. The molecule has 0 heterocycles. The van der Waals surface area contributed by atoms with E-state index in [-0.39, 0.29) is 36.5 Å². The normalized spacial score (nSPS) is 13.9. The van der Waals surface area contributed by atoms with Gasteiger partial charge in [0, 0.05) is 12.6 Å². The predicted molar refractivity (Wildman–Crippen MR) is 74.0 cm³/mol. The van der Waals surface area contributed by atoms with E-state index in [1.165, 1.54) is 6.07 Å². The number of nitrogens with zero attached hydrogens (tertiary/aromatic N) is 1. The summed E-state index contributed by atoms with van der Waals surface area (Å²) >= 11 is 0. The molecule has 3 N–H and O–H groups in total. The van der Waals surface area contributed by atoms with Crippen molar-refractivity contribution in [1.29, 1.82) is 0 Å². The van der Waals surface area contributed by atoms with E-state index < -0.39 is 5.97 Å². The Bertz CT molecular complexity index is 526. The SMILES string of the molecule is Cc1ccc(NC(=O)N(CCO)C2CC2)c(C(=O)O)c1. The molecule has 0 unspecified atom stereocenters. The summed E-state index contributed by atoms with van der Waals surface area (Å²) < 4.78 is 0. The molecular formula is C14H18N2O4. The van der Waals surface area contributed by atoms with Gasteiger partial charge in [-0.15, -0.1) is 0 Å². The molecule has 0 aliphatic heterocycles. The fraction of sp³-hybridized carbons (Fsp3) is 0.429. The summed E-state index contributed by atoms with van der Waals surface area (Å²) in [5, 5.41) is 20.8. The highest BCUT2D eigenvalue weighted by Crippen LogP contribution is 2.27. The Labute approximate surface area is 117 Å². The topological polar surface area (TPSA) is 89.9 Å². The number of anilines is 1. The Morgan fingerprint density at radius 1 is 1.40 bits per heavy atom. The van der Waals surface area contributed by atoms with Gasteiger partial charge in [0.2, 0.25) is 0 Å². The third-order valence-corrected chi connectivity index (χ3v) is 3.24. The molecule has 1 aliphatic carbocycles. The number of urea groups is 1. The maximum absolute atomic E-state index is 12.2. The number of hydrogen-bond acceptors (Lipinski definition) is 3. The zero-order valence-corrected chi connectivity index (χ0v) is 11.3. The van der Waals surface area contributed by atoms with Gasteiger partial charge in [-0.3, -0.25) is 0 Å². The van der Waals surface area contributed by atoms with Gasteiger partial charge in [-0.25, -0.2) is 9.59 Å². The summed E-state index contributed by atoms with van der Waals surface area (Å²) in [4.78, 5) is 24.9. The van der Waals surface area contributed by atoms with Crippen LogP contribution in [0.2, 0.25) is 0 Å². The number of rotatable bonds is 5. The molecule has 20 heavy (non-hydrogen) atoms. The number of aliphatic hydroxyl groups is 1. The van der Waals surface area contributed by atoms with Gasteiger partial charge in [0.15, 0.2) is 0 Å². The van der Waals surface area contributed by atoms with Crippen molar-refractivity contribution in [1.82, 2.24) is 4.90 Å². The van der Waals surface area contributed by atoms with Crippen molar-refractivity contribution in [3.05, 3.63) is 29.3 Å². The molecule has 1 saturated carbocycles. The van der Waals surface area contributed by atoms with Gasteiger partial charge in [0.1, 0.15) is 0 Å². The van der Waals surface area contributed by atoms with Crippen LogP contribution in [0.25, 0.3) is 0 Å². The fourth-order valence-electron chi connectivity index (χ4n) is 2.07. The minimum Gasteiger partial charge on any atom is -0.478 e. The number of carbonyl (C=O) groups is 2. The highest BCUT2D eigenvalue weighted by Gasteiger charge is 2.32. The maximum atomic E-state index is 12.2. The molecule has 0 atom stereocenters. The summed E-state index contributed by atoms with van der Waals surface area (Å²) in [6.07, 6.45) is 1.85. The van der Waals surface area contributed by atoms with Crippen molar-refractivity contribution in [2.24, 2.45) is 0 Å². The molecule has 2 rings (SSSR count). The highest BCUT2D eigenvalue weighted by atomic mass is 16.4. The first kappa shape index (κ1) is 14.3. The lowest BCUT2D eigenvalue weighted by molar-refractivity contribution is 0.0698. The minimum absolute atomic E-state index is 0.0677. The number of amides is 2. The Morgan fingerprint density at radius 3 is 2.65 bits per heavy atom. The number of carbonyl (C=O) groups excluding carboxylic acids is 1. The zero-order chi connectivity index (χ0) is 14.7. The molecule has 0 spiro atoms. The number of aromatic carboxylic acids is 1. The van der Waals surface area contributed by atoms with Gasteiger partial charge in [-0.05, 0) is 31.9 Å². The van der Waals surface area contributed by atoms with Gasteiger partial charge in [-0.2, -0.15) is 0 Å². The van der Waals surface area contributed by atoms with E-state index in [4.69, 9.17) is 10.2 Å². The zero-order valence-electron chi connectivity index (χ0n) is 11.3. The van der Waals surface area contributed by atoms with E-state index in [2.05, 4.69) is 5.32 Å². The Balaban J connectivity index is 2.16. The van der Waals surface area contributed by atoms with E-state index in [9.17, 15) is 9.59 Å². The molecular weight excluding hydrogens is 260 g/mol. The number of aliphatic hydroxyl groups excluding tert-OH is 1. The fourth-order valence-corrected chi connectivity index (χ4v) is 2.07. The minimum atomic E-state index is -1.08. The second-order valence-corrected chi connectivity index (χ2v) is 4.93. The van der Waals surface area contributed by atoms with Gasteiger partial charge >= 0.3 is 12.0 Å². The number of hydrogen-bond donors (Lipinski definition) is 3. The quantitative estimate of drug-likeness (QED) is 0.764. The Morgan fingerprint density at radius 2 is 2.10 bits per heavy atom. The van der Waals surface area contributed by atoms with E-state index >= 15 is 0 Å². The van der Waals surface area contributed by atoms with E-state index in [1.807, 2.05) is 0 Å². The van der Waals surface area contributed by atoms with Crippen molar-refractivity contribution < 1.29 is 19.8 Å². The molecule has 6 heteroatoms. The third kappa shape index (κ3) is 3.27. The van der Waals surface area contributed by atoms with Crippen molar-refractivity contribution in [2.45, 2.75) is 25.8 Å². The molecule has 1 aliphatic rings. The van der Waals surface area contributed by atoms with Crippen LogP contribution in [-0.4, -0.2) is 46.3 Å². The van der Waals surface area contributed by atoms with Crippen LogP contribution >= 0.6 is 0 Å². The Hall–Kier alpha value is -2.08. The largest absolute Gasteiger partial charge is 0.478 e. The average Bonchev–Trinajstić information content (AvgIpc) is 3.22. The molecule has 1 fully saturated rings. The van der Waals surface area contributed by atoms with E-state index in [0.717, 1.165) is 18.4 Å². The maximum Gasteiger partial charge on any atom is 0.337 e. The number of nitrogens with one attached hydrogen (secondary N) is 1. The van der Waals surface area contributed by atoms with Crippen LogP contribution in [0.1, 0.15) is 28.8 Å². The molecule has 0 aromatic heterocycles. The van der Waals surface area contributed by atoms with Crippen LogP contribution in [0, 0.1) is 6.92 Å². The summed E-state index contributed by atoms with van der Waals surface area (Å²) in [6.45, 7) is 1.94. The van der Waals surface area contributed by atoms with Crippen molar-refractivity contribution in [3.8, 4) is 0 Å². The van der Waals surface area contributed by atoms with E-state index in [1.54, 1.807) is 24.0 Å². The second kappa shape index (κ2) is 5.92. The third-order valence-electron chi connectivity index (χ3n) is 3.24. The molecule has 108 valence electrons. The summed E-state index contributed by atoms with van der Waals surface area (Å²) in [5.41, 5.74) is 1.16. The summed E-state index contributed by atoms with van der Waals surface area (Å²) in [6, 6.07) is 4.63. The number of carboxylic acids is 1. The van der Waals surface area contributed by atoms with Gasteiger partial charge in [0.05, 0.1) is 17.9 Å². The monoisotopic (exact) mass is 278 g/mol. The number of carboxylic acid groups (broad SMARTS) is 1. The predicted octanol–water partition coefficient (Wildman–Crippen LogP) is 1.68. The first-order valence-corrected chi connectivity index (χ1v) is 6.55. The van der Waals surface area contributed by atoms with Crippen LogP contribution in [-0.2, 0) is 0 Å². The lowest BCUT2D eigenvalue weighted by atomic mass is 10.1. The second-order valence-electron chi connectivity index (χ2n) is 4.93. The molecule has 1 aromatic carbocycles. The lowest BCUT2D eigenvalue weighted by Gasteiger charge is -2.22. The molecule has 1 aromatic rings. The first-order valence-electron chi connectivity index (χ1n) is 6.55. The smallest absolute Gasteiger partial charge is 0.337 e. The number of benzene rings is 1. The molecule has 2 amide bonds. The van der Waals surface area contributed by atoms with Crippen LogP contribution in [0.15, 0.2) is 18.2 Å². The van der Waals surface area contributed by atoms with Gasteiger partial charge in [0.25, 0.3) is 0 Å². The van der Waals surface area contributed by atoms with Crippen molar-refractivity contribution >= 4 is 17.7 Å². The Kier molecular flexibility index (Phi) is 4.24. The average molecular weight is 278 g/mol. The molecule has 0 radical (unpaired) electrons. The van der Waals surface area contributed by atoms with Gasteiger partial charge < -0.3 is 20.4 Å². The first-order chi connectivity index (χ1) is 9.52. The van der Waals surface area contributed by atoms with Crippen molar-refractivity contribution in [3.63, 3.8) is 0 Å². The van der Waals surface area contributed by atoms with Crippen molar-refractivity contribution in [2.75, 3.05) is 18.5 Å². The lowest BCUT2D eigenvalue weighted by Crippen LogP contribution is -2.39. The standard InChI is InChI=1S/C14H18N2O4/c1-9-2-5-12(11(8-9)13(18)19)15-14(20)16(6-7-17)10-3-4-10/h2,5,8,10,17H,3-4,6-7H2,1H3,(H,15,20)(H,18,19). The van der Waals surface area contributed by atoms with Gasteiger partial charge in [-0.1, -0.05) is 11.6 Å². The van der Waals surface area contributed by atoms with E-state index in [0.29, 0.717) is 0 Å². The van der Waals surface area contributed by atoms with Crippen LogP contribution in [0.5, 0.6) is 0 Å². The molecule has 0 saturated heterocycles. The van der Waals surface area contributed by atoms with Crippen LogP contribution in [0.4, 0.5) is 10.5 Å². The number of aryl methyl sites for hydroxylation is 1. The highest BCUT2D eigenvalue weighted by molar-refractivity contribution is 6.00.